The topological polar surface area (TPSA) is 106 Å². The Bertz CT molecular complexity index is 888. The molecule has 28 heavy (non-hydrogen) atoms. The zero-order valence-electron chi connectivity index (χ0n) is 15.0. The number of hydrogen-bond donors (Lipinski definition) is 0. The molecule has 0 N–H and O–H groups in total. The molecule has 9 nitrogen and oxygen atoms in total. The summed E-state index contributed by atoms with van der Waals surface area (Å²) >= 11 is 0. The number of carbonyl (C=O) groups excluding carboxylic acids is 2. The molecule has 3 heterocycles. The van der Waals surface area contributed by atoms with E-state index in [1.54, 1.807) is 9.80 Å². The van der Waals surface area contributed by atoms with Crippen LogP contribution < -0.4 is 0 Å². The second kappa shape index (κ2) is 7.34. The van der Waals surface area contributed by atoms with Crippen LogP contribution in [0.2, 0.25) is 0 Å². The number of piperidine rings is 1. The number of nitrogens with zero attached hydrogens (tertiary/aromatic N) is 3. The largest absolute Gasteiger partial charge is 0.439 e. The Kier molecular flexibility index (Phi) is 4.72. The molecular weight excluding hydrogens is 366 g/mol. The minimum atomic E-state index is -0.675. The molecule has 2 amide bonds. The molecule has 146 valence electrons. The molecule has 9 heteroatoms. The van der Waals surface area contributed by atoms with E-state index in [0.29, 0.717) is 32.5 Å². The van der Waals surface area contributed by atoms with Crippen LogP contribution in [-0.4, -0.2) is 52.4 Å². The van der Waals surface area contributed by atoms with Crippen LogP contribution in [0.15, 0.2) is 46.9 Å². The molecular formula is C19H19N3O6. The molecule has 0 spiro atoms. The summed E-state index contributed by atoms with van der Waals surface area (Å²) in [6.45, 7) is 1.38. The summed E-state index contributed by atoms with van der Waals surface area (Å²) in [4.78, 5) is 38.1. The molecule has 2 aliphatic heterocycles. The first-order chi connectivity index (χ1) is 13.5. The van der Waals surface area contributed by atoms with Gasteiger partial charge in [-0.3, -0.25) is 14.9 Å². The van der Waals surface area contributed by atoms with Crippen molar-refractivity contribution in [3.8, 4) is 0 Å². The fraction of sp³-hybridized carbons (Fsp3) is 0.368. The summed E-state index contributed by atoms with van der Waals surface area (Å²) in [5.74, 6) is -0.877. The lowest BCUT2D eigenvalue weighted by Crippen LogP contribution is -2.47. The lowest BCUT2D eigenvalue weighted by Gasteiger charge is -2.35. The van der Waals surface area contributed by atoms with Crippen LogP contribution in [0.25, 0.3) is 0 Å². The Hall–Kier alpha value is -3.36. The quantitative estimate of drug-likeness (QED) is 0.592. The molecule has 2 aromatic rings. The number of amides is 2. The van der Waals surface area contributed by atoms with Crippen molar-refractivity contribution in [3.63, 3.8) is 0 Å². The Labute approximate surface area is 160 Å². The fourth-order valence-corrected chi connectivity index (χ4v) is 3.70. The maximum absolute atomic E-state index is 12.5. The molecule has 2 aliphatic rings. The third-order valence-electron chi connectivity index (χ3n) is 5.19. The predicted octanol–water partition coefficient (Wildman–Crippen LogP) is 2.99. The number of carbonyl (C=O) groups is 2. The van der Waals surface area contributed by atoms with E-state index in [0.717, 1.165) is 5.56 Å². The number of benzene rings is 1. The molecule has 1 aromatic heterocycles. The van der Waals surface area contributed by atoms with Crippen LogP contribution in [0.3, 0.4) is 0 Å². The van der Waals surface area contributed by atoms with Gasteiger partial charge >= 0.3 is 12.0 Å². The number of cyclic esters (lactones) is 1. The number of rotatable bonds is 4. The highest BCUT2D eigenvalue weighted by Gasteiger charge is 2.39. The highest BCUT2D eigenvalue weighted by molar-refractivity contribution is 5.91. The molecule has 0 saturated carbocycles. The van der Waals surface area contributed by atoms with Crippen LogP contribution in [0.4, 0.5) is 10.7 Å². The maximum Gasteiger partial charge on any atom is 0.433 e. The zero-order chi connectivity index (χ0) is 19.7. The standard InChI is InChI=1S/C19H19N3O6/c23-18(15-6-7-17(27-15)22(25)26)20-10-8-14(9-11-20)21-12-16(28-19(21)24)13-4-2-1-3-5-13/h1-7,14,16H,8-12H2. The van der Waals surface area contributed by atoms with Crippen molar-refractivity contribution in [3.05, 3.63) is 63.9 Å². The smallest absolute Gasteiger partial charge is 0.433 e. The predicted molar refractivity (Wildman–Crippen MR) is 96.7 cm³/mol. The normalized spacial score (nSPS) is 20.3. The first kappa shape index (κ1) is 18.0. The first-order valence-corrected chi connectivity index (χ1v) is 9.08. The number of nitro groups is 1. The lowest BCUT2D eigenvalue weighted by molar-refractivity contribution is -0.402. The highest BCUT2D eigenvalue weighted by Crippen LogP contribution is 2.30. The molecule has 0 radical (unpaired) electrons. The van der Waals surface area contributed by atoms with E-state index in [1.165, 1.54) is 12.1 Å². The van der Waals surface area contributed by atoms with Gasteiger partial charge in [-0.2, -0.15) is 0 Å². The van der Waals surface area contributed by atoms with E-state index in [-0.39, 0.29) is 29.9 Å². The number of hydrogen-bond acceptors (Lipinski definition) is 6. The molecule has 1 atom stereocenters. The van der Waals surface area contributed by atoms with Gasteiger partial charge in [-0.05, 0) is 24.5 Å². The van der Waals surface area contributed by atoms with Crippen LogP contribution in [-0.2, 0) is 4.74 Å². The van der Waals surface area contributed by atoms with Gasteiger partial charge < -0.3 is 19.0 Å². The Morgan fingerprint density at radius 3 is 2.46 bits per heavy atom. The van der Waals surface area contributed by atoms with E-state index in [4.69, 9.17) is 9.15 Å². The highest BCUT2D eigenvalue weighted by atomic mass is 16.6. The molecule has 4 rings (SSSR count). The van der Waals surface area contributed by atoms with Crippen molar-refractivity contribution in [1.29, 1.82) is 0 Å². The fourth-order valence-electron chi connectivity index (χ4n) is 3.70. The maximum atomic E-state index is 12.5. The van der Waals surface area contributed by atoms with Gasteiger partial charge in [0.25, 0.3) is 5.91 Å². The Balaban J connectivity index is 1.35. The summed E-state index contributed by atoms with van der Waals surface area (Å²) < 4.78 is 10.5. The summed E-state index contributed by atoms with van der Waals surface area (Å²) in [6.07, 6.45) is 0.619. The van der Waals surface area contributed by atoms with Gasteiger partial charge in [-0.1, -0.05) is 30.3 Å². The van der Waals surface area contributed by atoms with E-state index in [1.807, 2.05) is 30.3 Å². The van der Waals surface area contributed by atoms with Crippen LogP contribution in [0, 0.1) is 10.1 Å². The van der Waals surface area contributed by atoms with Gasteiger partial charge in [-0.25, -0.2) is 4.79 Å². The summed E-state index contributed by atoms with van der Waals surface area (Å²) in [5, 5.41) is 10.7. The van der Waals surface area contributed by atoms with Crippen LogP contribution in [0.1, 0.15) is 35.1 Å². The van der Waals surface area contributed by atoms with Crippen molar-refractivity contribution in [2.75, 3.05) is 19.6 Å². The summed E-state index contributed by atoms with van der Waals surface area (Å²) in [6, 6.07) is 12.1. The monoisotopic (exact) mass is 385 g/mol. The molecule has 1 aromatic carbocycles. The summed E-state index contributed by atoms with van der Waals surface area (Å²) in [5.41, 5.74) is 0.963. The van der Waals surface area contributed by atoms with E-state index in [9.17, 15) is 19.7 Å². The lowest BCUT2D eigenvalue weighted by atomic mass is 10.0. The van der Waals surface area contributed by atoms with Crippen molar-refractivity contribution in [2.45, 2.75) is 25.0 Å². The molecule has 2 fully saturated rings. The third kappa shape index (κ3) is 3.42. The molecule has 0 aliphatic carbocycles. The minimum absolute atomic E-state index is 0.00352. The average Bonchev–Trinajstić information content (AvgIpc) is 3.36. The van der Waals surface area contributed by atoms with E-state index in [2.05, 4.69) is 0 Å². The van der Waals surface area contributed by atoms with Crippen LogP contribution in [0.5, 0.6) is 0 Å². The van der Waals surface area contributed by atoms with Crippen molar-refractivity contribution in [2.24, 2.45) is 0 Å². The third-order valence-corrected chi connectivity index (χ3v) is 5.19. The van der Waals surface area contributed by atoms with Crippen LogP contribution >= 0.6 is 0 Å². The Morgan fingerprint density at radius 2 is 1.82 bits per heavy atom. The van der Waals surface area contributed by atoms with Crippen molar-refractivity contribution in [1.82, 2.24) is 9.80 Å². The molecule has 1 unspecified atom stereocenters. The van der Waals surface area contributed by atoms with Gasteiger partial charge in [-0.15, -0.1) is 0 Å². The molecule has 2 saturated heterocycles. The van der Waals surface area contributed by atoms with Gasteiger partial charge in [0.05, 0.1) is 12.6 Å². The zero-order valence-corrected chi connectivity index (χ0v) is 15.0. The first-order valence-electron chi connectivity index (χ1n) is 9.08. The Morgan fingerprint density at radius 1 is 1.11 bits per heavy atom. The average molecular weight is 385 g/mol. The SMILES string of the molecule is O=C(c1ccc([N+](=O)[O-])o1)N1CCC(N2CC(c3ccccc3)OC2=O)CC1. The minimum Gasteiger partial charge on any atom is -0.439 e. The van der Waals surface area contributed by atoms with Gasteiger partial charge in [0.15, 0.2) is 5.76 Å². The number of likely N-dealkylation sites (tertiary alicyclic amines) is 1. The number of ether oxygens (including phenoxy) is 1. The second-order valence-corrected chi connectivity index (χ2v) is 6.85. The van der Waals surface area contributed by atoms with E-state index >= 15 is 0 Å². The van der Waals surface area contributed by atoms with Crippen molar-refractivity contribution >= 4 is 17.9 Å². The van der Waals surface area contributed by atoms with Gasteiger partial charge in [0.1, 0.15) is 11.0 Å². The van der Waals surface area contributed by atoms with Crippen molar-refractivity contribution < 1.29 is 23.7 Å². The van der Waals surface area contributed by atoms with Gasteiger partial charge in [0, 0.05) is 19.1 Å². The van der Waals surface area contributed by atoms with E-state index < -0.39 is 10.8 Å². The number of furan rings is 1. The van der Waals surface area contributed by atoms with Gasteiger partial charge in [0.2, 0.25) is 0 Å². The second-order valence-electron chi connectivity index (χ2n) is 6.85. The summed E-state index contributed by atoms with van der Waals surface area (Å²) in [7, 11) is 0. The molecule has 0 bridgehead atoms.